The SMILES string of the molecule is COCc1ccc(C(=O)N2CC[C@@H]3[C@@H](CCC(=O)N3CCN)C2)o1. The number of hydrogen-bond acceptors (Lipinski definition) is 5. The second-order valence-electron chi connectivity index (χ2n) is 6.48. The maximum atomic E-state index is 12.7. The van der Waals surface area contributed by atoms with Gasteiger partial charge < -0.3 is 24.7 Å². The molecule has 2 fully saturated rings. The van der Waals surface area contributed by atoms with E-state index in [4.69, 9.17) is 14.9 Å². The number of ether oxygens (including phenoxy) is 1. The fourth-order valence-corrected chi connectivity index (χ4v) is 3.83. The Morgan fingerprint density at radius 3 is 3.00 bits per heavy atom. The van der Waals surface area contributed by atoms with E-state index in [-0.39, 0.29) is 17.9 Å². The van der Waals surface area contributed by atoms with Gasteiger partial charge in [-0.1, -0.05) is 0 Å². The van der Waals surface area contributed by atoms with Crippen LogP contribution in [0.5, 0.6) is 0 Å². The van der Waals surface area contributed by atoms with E-state index in [9.17, 15) is 9.59 Å². The highest BCUT2D eigenvalue weighted by Crippen LogP contribution is 2.31. The van der Waals surface area contributed by atoms with Gasteiger partial charge in [-0.15, -0.1) is 0 Å². The van der Waals surface area contributed by atoms with Crippen LogP contribution in [-0.4, -0.2) is 60.9 Å². The van der Waals surface area contributed by atoms with Crippen molar-refractivity contribution in [3.05, 3.63) is 23.7 Å². The zero-order valence-corrected chi connectivity index (χ0v) is 14.1. The Balaban J connectivity index is 1.66. The summed E-state index contributed by atoms with van der Waals surface area (Å²) in [4.78, 5) is 28.5. The van der Waals surface area contributed by atoms with Gasteiger partial charge in [0.2, 0.25) is 5.91 Å². The molecule has 2 atom stereocenters. The van der Waals surface area contributed by atoms with Crippen molar-refractivity contribution in [3.8, 4) is 0 Å². The molecule has 1 aromatic heterocycles. The van der Waals surface area contributed by atoms with Gasteiger partial charge in [0.15, 0.2) is 5.76 Å². The third kappa shape index (κ3) is 3.32. The van der Waals surface area contributed by atoms with Gasteiger partial charge in [0.25, 0.3) is 5.91 Å². The predicted octanol–water partition coefficient (Wildman–Crippen LogP) is 0.838. The van der Waals surface area contributed by atoms with E-state index in [2.05, 4.69) is 0 Å². The molecule has 7 heteroatoms. The number of furan rings is 1. The van der Waals surface area contributed by atoms with Crippen LogP contribution in [0.25, 0.3) is 0 Å². The summed E-state index contributed by atoms with van der Waals surface area (Å²) < 4.78 is 10.6. The fourth-order valence-electron chi connectivity index (χ4n) is 3.83. The lowest BCUT2D eigenvalue weighted by Gasteiger charge is -2.46. The molecule has 0 bridgehead atoms. The number of rotatable bonds is 5. The van der Waals surface area contributed by atoms with Crippen molar-refractivity contribution in [2.45, 2.75) is 31.9 Å². The Labute approximate surface area is 141 Å². The molecular formula is C17H25N3O4. The highest BCUT2D eigenvalue weighted by atomic mass is 16.5. The molecule has 3 rings (SSSR count). The molecule has 0 aliphatic carbocycles. The van der Waals surface area contributed by atoms with Crippen LogP contribution in [0.1, 0.15) is 35.6 Å². The van der Waals surface area contributed by atoms with E-state index in [0.717, 1.165) is 12.8 Å². The standard InChI is InChI=1S/C17H25N3O4/c1-23-11-13-3-4-15(24-13)17(22)19-8-6-14-12(10-19)2-5-16(21)20(14)9-7-18/h3-4,12,14H,2,5-11,18H2,1H3/t12-,14+/m0/s1. The third-order valence-corrected chi connectivity index (χ3v) is 4.96. The summed E-state index contributed by atoms with van der Waals surface area (Å²) in [5.74, 6) is 1.43. The largest absolute Gasteiger partial charge is 0.453 e. The van der Waals surface area contributed by atoms with Crippen LogP contribution in [0.4, 0.5) is 0 Å². The summed E-state index contributed by atoms with van der Waals surface area (Å²) in [6.45, 7) is 2.74. The topological polar surface area (TPSA) is 89.0 Å². The van der Waals surface area contributed by atoms with Crippen LogP contribution in [0.3, 0.4) is 0 Å². The molecule has 2 aliphatic rings. The lowest BCUT2D eigenvalue weighted by atomic mass is 9.83. The van der Waals surface area contributed by atoms with Crippen LogP contribution in [0, 0.1) is 5.92 Å². The number of carbonyl (C=O) groups excluding carboxylic acids is 2. The molecule has 0 saturated carbocycles. The van der Waals surface area contributed by atoms with Gasteiger partial charge >= 0.3 is 0 Å². The normalized spacial score (nSPS) is 24.2. The summed E-state index contributed by atoms with van der Waals surface area (Å²) in [6.07, 6.45) is 2.18. The van der Waals surface area contributed by atoms with Crippen molar-refractivity contribution >= 4 is 11.8 Å². The molecule has 0 unspecified atom stereocenters. The number of hydrogen-bond donors (Lipinski definition) is 1. The van der Waals surface area contributed by atoms with Crippen LogP contribution < -0.4 is 5.73 Å². The minimum Gasteiger partial charge on any atom is -0.453 e. The van der Waals surface area contributed by atoms with Crippen molar-refractivity contribution in [3.63, 3.8) is 0 Å². The lowest BCUT2D eigenvalue weighted by molar-refractivity contribution is -0.140. The maximum Gasteiger partial charge on any atom is 0.289 e. The quantitative estimate of drug-likeness (QED) is 0.861. The Morgan fingerprint density at radius 2 is 2.25 bits per heavy atom. The van der Waals surface area contributed by atoms with E-state index in [1.54, 1.807) is 19.2 Å². The molecule has 132 valence electrons. The average molecular weight is 335 g/mol. The number of likely N-dealkylation sites (tertiary alicyclic amines) is 2. The minimum absolute atomic E-state index is 0.0851. The Bertz CT molecular complexity index is 600. The van der Waals surface area contributed by atoms with E-state index >= 15 is 0 Å². The van der Waals surface area contributed by atoms with Crippen LogP contribution in [0.15, 0.2) is 16.5 Å². The summed E-state index contributed by atoms with van der Waals surface area (Å²) in [6, 6.07) is 3.68. The molecule has 2 saturated heterocycles. The number of methoxy groups -OCH3 is 1. The Kier molecular flexibility index (Phi) is 5.20. The highest BCUT2D eigenvalue weighted by molar-refractivity contribution is 5.91. The number of nitrogens with two attached hydrogens (primary N) is 1. The van der Waals surface area contributed by atoms with Crippen LogP contribution in [0.2, 0.25) is 0 Å². The predicted molar refractivity (Wildman–Crippen MR) is 87.2 cm³/mol. The number of amides is 2. The molecule has 0 aromatic carbocycles. The molecule has 0 radical (unpaired) electrons. The van der Waals surface area contributed by atoms with Gasteiger partial charge in [-0.25, -0.2) is 0 Å². The van der Waals surface area contributed by atoms with E-state index in [1.165, 1.54) is 0 Å². The van der Waals surface area contributed by atoms with Gasteiger partial charge in [0.1, 0.15) is 12.4 Å². The van der Waals surface area contributed by atoms with Crippen molar-refractivity contribution in [1.29, 1.82) is 0 Å². The van der Waals surface area contributed by atoms with Gasteiger partial charge in [-0.3, -0.25) is 9.59 Å². The van der Waals surface area contributed by atoms with Crippen molar-refractivity contribution < 1.29 is 18.7 Å². The van der Waals surface area contributed by atoms with Gasteiger partial charge in [0, 0.05) is 45.8 Å². The molecule has 7 nitrogen and oxygen atoms in total. The van der Waals surface area contributed by atoms with E-state index in [1.807, 2.05) is 9.80 Å². The number of fused-ring (bicyclic) bond motifs is 1. The number of piperidine rings is 2. The maximum absolute atomic E-state index is 12.7. The Morgan fingerprint density at radius 1 is 1.42 bits per heavy atom. The summed E-state index contributed by atoms with van der Waals surface area (Å²) in [5.41, 5.74) is 5.64. The van der Waals surface area contributed by atoms with Crippen molar-refractivity contribution in [2.75, 3.05) is 33.3 Å². The first-order valence-corrected chi connectivity index (χ1v) is 8.50. The lowest BCUT2D eigenvalue weighted by Crippen LogP contribution is -2.57. The number of nitrogens with zero attached hydrogens (tertiary/aromatic N) is 2. The average Bonchev–Trinajstić information content (AvgIpc) is 3.05. The van der Waals surface area contributed by atoms with Gasteiger partial charge in [0.05, 0.1) is 0 Å². The smallest absolute Gasteiger partial charge is 0.289 e. The van der Waals surface area contributed by atoms with E-state index < -0.39 is 0 Å². The first-order valence-electron chi connectivity index (χ1n) is 8.50. The molecule has 1 aromatic rings. The monoisotopic (exact) mass is 335 g/mol. The third-order valence-electron chi connectivity index (χ3n) is 4.96. The molecule has 24 heavy (non-hydrogen) atoms. The Hall–Kier alpha value is -1.86. The number of carbonyl (C=O) groups is 2. The van der Waals surface area contributed by atoms with Crippen LogP contribution >= 0.6 is 0 Å². The second-order valence-corrected chi connectivity index (χ2v) is 6.48. The van der Waals surface area contributed by atoms with Crippen LogP contribution in [-0.2, 0) is 16.1 Å². The van der Waals surface area contributed by atoms with Crippen molar-refractivity contribution in [2.24, 2.45) is 11.7 Å². The molecular weight excluding hydrogens is 310 g/mol. The summed E-state index contributed by atoms with van der Waals surface area (Å²) >= 11 is 0. The molecule has 0 spiro atoms. The second kappa shape index (κ2) is 7.36. The summed E-state index contributed by atoms with van der Waals surface area (Å²) in [5, 5.41) is 0. The molecule has 2 aliphatic heterocycles. The van der Waals surface area contributed by atoms with E-state index in [0.29, 0.717) is 56.6 Å². The zero-order valence-electron chi connectivity index (χ0n) is 14.1. The molecule has 2 N–H and O–H groups in total. The van der Waals surface area contributed by atoms with Gasteiger partial charge in [-0.05, 0) is 30.9 Å². The minimum atomic E-state index is -0.0851. The molecule has 2 amide bonds. The first-order chi connectivity index (χ1) is 11.6. The first kappa shape index (κ1) is 17.0. The zero-order chi connectivity index (χ0) is 17.1. The molecule has 3 heterocycles. The van der Waals surface area contributed by atoms with Gasteiger partial charge in [-0.2, -0.15) is 0 Å². The van der Waals surface area contributed by atoms with Crippen molar-refractivity contribution in [1.82, 2.24) is 9.80 Å². The highest BCUT2D eigenvalue weighted by Gasteiger charge is 2.40. The summed E-state index contributed by atoms with van der Waals surface area (Å²) in [7, 11) is 1.59. The fraction of sp³-hybridized carbons (Fsp3) is 0.647.